The van der Waals surface area contributed by atoms with E-state index in [0.29, 0.717) is 30.0 Å². The van der Waals surface area contributed by atoms with Gasteiger partial charge in [-0.1, -0.05) is 13.0 Å². The van der Waals surface area contributed by atoms with Crippen molar-refractivity contribution in [1.82, 2.24) is 9.37 Å². The quantitative estimate of drug-likeness (QED) is 0.711. The molecule has 1 amide bonds. The van der Waals surface area contributed by atoms with Gasteiger partial charge in [0.25, 0.3) is 5.91 Å². The highest BCUT2D eigenvalue weighted by atomic mass is 32.2. The molecule has 1 aromatic rings. The lowest BCUT2D eigenvalue weighted by atomic mass is 10.1. The fourth-order valence-corrected chi connectivity index (χ4v) is 3.55. The second kappa shape index (κ2) is 8.64. The number of fused-ring (bicyclic) bond motifs is 1. The molecule has 0 unspecified atom stereocenters. The third kappa shape index (κ3) is 4.74. The molecule has 27 heavy (non-hydrogen) atoms. The maximum Gasteiger partial charge on any atom is 0.273 e. The van der Waals surface area contributed by atoms with Crippen LogP contribution in [-0.2, 0) is 19.7 Å². The molecule has 0 saturated heterocycles. The van der Waals surface area contributed by atoms with E-state index in [4.69, 9.17) is 10.6 Å². The van der Waals surface area contributed by atoms with Crippen LogP contribution in [0.15, 0.2) is 33.7 Å². The maximum absolute atomic E-state index is 12.8. The van der Waals surface area contributed by atoms with E-state index in [1.54, 1.807) is 12.1 Å². The zero-order valence-corrected chi connectivity index (χ0v) is 16.9. The zero-order valence-electron chi connectivity index (χ0n) is 16.1. The van der Waals surface area contributed by atoms with Crippen molar-refractivity contribution in [2.24, 2.45) is 10.7 Å². The number of nitrogens with two attached hydrogens (primary N) is 1. The van der Waals surface area contributed by atoms with E-state index >= 15 is 0 Å². The van der Waals surface area contributed by atoms with Gasteiger partial charge in [0.1, 0.15) is 5.84 Å². The summed E-state index contributed by atoms with van der Waals surface area (Å²) in [6, 6.07) is 4.59. The summed E-state index contributed by atoms with van der Waals surface area (Å²) < 4.78 is 25.8. The van der Waals surface area contributed by atoms with E-state index in [0.717, 1.165) is 10.7 Å². The highest BCUT2D eigenvalue weighted by Gasteiger charge is 2.23. The van der Waals surface area contributed by atoms with E-state index in [-0.39, 0.29) is 23.1 Å². The third-order valence-electron chi connectivity index (χ3n) is 3.96. The molecule has 1 heterocycles. The van der Waals surface area contributed by atoms with Gasteiger partial charge >= 0.3 is 0 Å². The van der Waals surface area contributed by atoms with Gasteiger partial charge < -0.3 is 5.73 Å². The minimum atomic E-state index is -3.59. The number of carbonyl (C=O) groups is 1. The minimum absolute atomic E-state index is 0.118. The molecule has 1 aromatic carbocycles. The molecule has 1 aliphatic heterocycles. The molecule has 2 N–H and O–H groups in total. The molecule has 0 atom stereocenters. The number of sulfonamides is 1. The highest BCUT2D eigenvalue weighted by Crippen LogP contribution is 2.30. The van der Waals surface area contributed by atoms with E-state index in [9.17, 15) is 13.2 Å². The first-order chi connectivity index (χ1) is 12.7. The molecule has 0 aromatic heterocycles. The molecular formula is C18H26N4O4S. The number of hydrogen-bond donors (Lipinski definition) is 1. The van der Waals surface area contributed by atoms with Crippen LogP contribution in [0.25, 0.3) is 6.08 Å². The second-order valence-corrected chi connectivity index (χ2v) is 8.43. The first-order valence-electron chi connectivity index (χ1n) is 8.75. The molecule has 0 fully saturated rings. The van der Waals surface area contributed by atoms with Crippen LogP contribution in [0.5, 0.6) is 0 Å². The van der Waals surface area contributed by atoms with Crippen molar-refractivity contribution in [3.63, 3.8) is 0 Å². The number of rotatable bonds is 7. The lowest BCUT2D eigenvalue weighted by Crippen LogP contribution is -2.34. The van der Waals surface area contributed by atoms with Crippen LogP contribution in [0.3, 0.4) is 0 Å². The Bertz CT molecular complexity index is 869. The third-order valence-corrected chi connectivity index (χ3v) is 5.77. The van der Waals surface area contributed by atoms with Gasteiger partial charge in [0.2, 0.25) is 10.0 Å². The SMILES string of the molecule is CCCN(OCC)C(=O)C1=Cc2ccc(S(=O)(=O)N(C)C)cc2N=C(N)C1. The largest absolute Gasteiger partial charge is 0.387 e. The predicted molar refractivity (Wildman–Crippen MR) is 105 cm³/mol. The number of aliphatic imine (C=N–C) groups is 1. The van der Waals surface area contributed by atoms with Crippen molar-refractivity contribution in [2.75, 3.05) is 27.2 Å². The molecule has 1 aliphatic rings. The fourth-order valence-electron chi connectivity index (χ4n) is 2.62. The van der Waals surface area contributed by atoms with Crippen LogP contribution in [0.4, 0.5) is 5.69 Å². The molecule has 0 radical (unpaired) electrons. The highest BCUT2D eigenvalue weighted by molar-refractivity contribution is 7.89. The van der Waals surface area contributed by atoms with Gasteiger partial charge in [-0.15, -0.1) is 0 Å². The summed E-state index contributed by atoms with van der Waals surface area (Å²) in [7, 11) is -0.663. The zero-order chi connectivity index (χ0) is 20.2. The number of hydroxylamine groups is 2. The van der Waals surface area contributed by atoms with Gasteiger partial charge in [-0.2, -0.15) is 0 Å². The average Bonchev–Trinajstić information content (AvgIpc) is 2.77. The summed E-state index contributed by atoms with van der Waals surface area (Å²) in [4.78, 5) is 22.7. The van der Waals surface area contributed by atoms with Crippen LogP contribution in [-0.4, -0.2) is 56.8 Å². The van der Waals surface area contributed by atoms with Crippen molar-refractivity contribution in [3.8, 4) is 0 Å². The Balaban J connectivity index is 2.47. The van der Waals surface area contributed by atoms with Gasteiger partial charge in [0.15, 0.2) is 0 Å². The summed E-state index contributed by atoms with van der Waals surface area (Å²) in [5.41, 5.74) is 7.47. The summed E-state index contributed by atoms with van der Waals surface area (Å²) in [6.45, 7) is 4.62. The first kappa shape index (κ1) is 21.1. The molecule has 0 saturated carbocycles. The van der Waals surface area contributed by atoms with Crippen LogP contribution in [0, 0.1) is 0 Å². The Morgan fingerprint density at radius 1 is 1.30 bits per heavy atom. The van der Waals surface area contributed by atoms with Gasteiger partial charge in [0.05, 0.1) is 17.2 Å². The lowest BCUT2D eigenvalue weighted by Gasteiger charge is -2.21. The predicted octanol–water partition coefficient (Wildman–Crippen LogP) is 1.90. The lowest BCUT2D eigenvalue weighted by molar-refractivity contribution is -0.180. The Kier molecular flexibility index (Phi) is 6.74. The number of carbonyl (C=O) groups excluding carboxylic acids is 1. The number of amidine groups is 1. The normalized spacial score (nSPS) is 14.3. The van der Waals surface area contributed by atoms with Crippen molar-refractivity contribution in [1.29, 1.82) is 0 Å². The van der Waals surface area contributed by atoms with Crippen LogP contribution < -0.4 is 5.73 Å². The molecule has 148 valence electrons. The number of amides is 1. The number of nitrogens with zero attached hydrogens (tertiary/aromatic N) is 3. The van der Waals surface area contributed by atoms with Gasteiger partial charge in [0, 0.05) is 38.2 Å². The Morgan fingerprint density at radius 2 is 2.00 bits per heavy atom. The van der Waals surface area contributed by atoms with Crippen LogP contribution >= 0.6 is 0 Å². The van der Waals surface area contributed by atoms with Crippen molar-refractivity contribution in [3.05, 3.63) is 29.3 Å². The Morgan fingerprint density at radius 3 is 2.59 bits per heavy atom. The van der Waals surface area contributed by atoms with Crippen molar-refractivity contribution in [2.45, 2.75) is 31.6 Å². The maximum atomic E-state index is 12.8. The Hall–Kier alpha value is -2.23. The van der Waals surface area contributed by atoms with Crippen molar-refractivity contribution >= 4 is 33.5 Å². The summed E-state index contributed by atoms with van der Waals surface area (Å²) in [5, 5.41) is 1.33. The summed E-state index contributed by atoms with van der Waals surface area (Å²) in [6.07, 6.45) is 2.61. The first-order valence-corrected chi connectivity index (χ1v) is 10.2. The summed E-state index contributed by atoms with van der Waals surface area (Å²) in [5.74, 6) is -0.0320. The number of benzene rings is 1. The van der Waals surface area contributed by atoms with Crippen LogP contribution in [0.1, 0.15) is 32.3 Å². The standard InChI is InChI=1S/C18H26N4O4S/c1-5-9-22(26-6-2)18(23)14-10-13-7-8-15(27(24,25)21(3)4)12-16(13)20-17(19)11-14/h7-8,10,12H,5-6,9,11H2,1-4H3,(H2,19,20). The van der Waals surface area contributed by atoms with E-state index in [1.165, 1.54) is 31.3 Å². The molecule has 2 rings (SSSR count). The topological polar surface area (TPSA) is 105 Å². The fraction of sp³-hybridized carbons (Fsp3) is 0.444. The van der Waals surface area contributed by atoms with Gasteiger partial charge in [-0.05, 0) is 31.6 Å². The monoisotopic (exact) mass is 394 g/mol. The summed E-state index contributed by atoms with van der Waals surface area (Å²) >= 11 is 0. The van der Waals surface area contributed by atoms with E-state index < -0.39 is 10.0 Å². The second-order valence-electron chi connectivity index (χ2n) is 6.28. The molecule has 0 bridgehead atoms. The van der Waals surface area contributed by atoms with Crippen LogP contribution in [0.2, 0.25) is 0 Å². The smallest absolute Gasteiger partial charge is 0.273 e. The molecule has 0 spiro atoms. The Labute approximate surface area is 160 Å². The molecule has 9 heteroatoms. The average molecular weight is 394 g/mol. The molecule has 0 aliphatic carbocycles. The van der Waals surface area contributed by atoms with Gasteiger partial charge in [-0.3, -0.25) is 9.63 Å². The van der Waals surface area contributed by atoms with Crippen molar-refractivity contribution < 1.29 is 18.0 Å². The number of hydrogen-bond acceptors (Lipinski definition) is 6. The van der Waals surface area contributed by atoms with E-state index in [2.05, 4.69) is 4.99 Å². The molecule has 8 nitrogen and oxygen atoms in total. The minimum Gasteiger partial charge on any atom is -0.387 e. The molecular weight excluding hydrogens is 368 g/mol. The van der Waals surface area contributed by atoms with Gasteiger partial charge in [-0.25, -0.2) is 22.8 Å². The van der Waals surface area contributed by atoms with E-state index in [1.807, 2.05) is 13.8 Å².